The van der Waals surface area contributed by atoms with Crippen LogP contribution in [-0.4, -0.2) is 51.1 Å². The lowest BCUT2D eigenvalue weighted by molar-refractivity contribution is -0.0513. The van der Waals surface area contributed by atoms with Crippen molar-refractivity contribution in [3.63, 3.8) is 0 Å². The first-order valence-corrected chi connectivity index (χ1v) is 8.11. The molecule has 1 aromatic heterocycles. The van der Waals surface area contributed by atoms with E-state index < -0.39 is 6.10 Å². The first-order chi connectivity index (χ1) is 11.6. The van der Waals surface area contributed by atoms with Crippen LogP contribution in [-0.2, 0) is 4.74 Å². The van der Waals surface area contributed by atoms with Crippen LogP contribution in [0.5, 0.6) is 0 Å². The highest BCUT2D eigenvalue weighted by molar-refractivity contribution is 5.90. The van der Waals surface area contributed by atoms with Crippen molar-refractivity contribution in [1.29, 1.82) is 0 Å². The van der Waals surface area contributed by atoms with Gasteiger partial charge in [0.15, 0.2) is 0 Å². The fourth-order valence-corrected chi connectivity index (χ4v) is 3.09. The van der Waals surface area contributed by atoms with Crippen molar-refractivity contribution in [2.75, 3.05) is 7.11 Å². The Hall–Kier alpha value is -2.25. The van der Waals surface area contributed by atoms with E-state index in [1.165, 1.54) is 0 Å². The first-order valence-electron chi connectivity index (χ1n) is 8.11. The average molecular weight is 330 g/mol. The maximum absolute atomic E-state index is 12.4. The molecule has 1 aliphatic carbocycles. The molecule has 7 heteroatoms. The Kier molecular flexibility index (Phi) is 4.92. The van der Waals surface area contributed by atoms with Gasteiger partial charge in [-0.3, -0.25) is 4.79 Å². The molecule has 24 heavy (non-hydrogen) atoms. The molecule has 1 saturated carbocycles. The van der Waals surface area contributed by atoms with Crippen LogP contribution in [0, 0.1) is 6.92 Å². The van der Waals surface area contributed by atoms with Crippen molar-refractivity contribution in [3.8, 4) is 5.69 Å². The van der Waals surface area contributed by atoms with Gasteiger partial charge in [-0.1, -0.05) is 18.2 Å². The molecular weight excluding hydrogens is 308 g/mol. The number of carbonyl (C=O) groups is 1. The number of rotatable bonds is 4. The summed E-state index contributed by atoms with van der Waals surface area (Å²) in [6, 6.07) is 9.17. The van der Waals surface area contributed by atoms with Gasteiger partial charge in [-0.15, -0.1) is 5.10 Å². The van der Waals surface area contributed by atoms with Gasteiger partial charge in [-0.05, 0) is 38.3 Å². The quantitative estimate of drug-likeness (QED) is 0.880. The van der Waals surface area contributed by atoms with Gasteiger partial charge in [0.1, 0.15) is 11.9 Å². The van der Waals surface area contributed by atoms with E-state index in [2.05, 4.69) is 15.4 Å². The zero-order chi connectivity index (χ0) is 17.1. The minimum absolute atomic E-state index is 0.100. The van der Waals surface area contributed by atoms with Crippen LogP contribution < -0.4 is 5.32 Å². The summed E-state index contributed by atoms with van der Waals surface area (Å²) in [5, 5.41) is 17.4. The fraction of sp³-hybridized carbons (Fsp3) is 0.471. The predicted molar refractivity (Wildman–Crippen MR) is 88.0 cm³/mol. The molecule has 1 amide bonds. The van der Waals surface area contributed by atoms with E-state index in [4.69, 9.17) is 4.74 Å². The number of nitrogens with one attached hydrogen (secondary N) is 1. The molecule has 0 radical (unpaired) electrons. The number of benzene rings is 1. The van der Waals surface area contributed by atoms with E-state index in [9.17, 15) is 9.90 Å². The van der Waals surface area contributed by atoms with Crippen molar-refractivity contribution in [2.24, 2.45) is 0 Å². The Morgan fingerprint density at radius 1 is 1.33 bits per heavy atom. The van der Waals surface area contributed by atoms with Crippen molar-refractivity contribution in [3.05, 3.63) is 42.0 Å². The summed E-state index contributed by atoms with van der Waals surface area (Å²) in [7, 11) is 1.57. The van der Waals surface area contributed by atoms with E-state index in [1.807, 2.05) is 30.3 Å². The number of para-hydroxylation sites is 1. The molecule has 1 aliphatic rings. The number of hydrogen-bond acceptors (Lipinski definition) is 5. The number of methoxy groups -OCH3 is 1. The highest BCUT2D eigenvalue weighted by Gasteiger charge is 2.33. The van der Waals surface area contributed by atoms with Gasteiger partial charge < -0.3 is 15.2 Å². The second-order valence-corrected chi connectivity index (χ2v) is 6.01. The lowest BCUT2D eigenvalue weighted by atomic mass is 9.90. The van der Waals surface area contributed by atoms with Crippen LogP contribution in [0.4, 0.5) is 0 Å². The van der Waals surface area contributed by atoms with Crippen LogP contribution in [0.2, 0.25) is 0 Å². The van der Waals surface area contributed by atoms with Gasteiger partial charge in [0.25, 0.3) is 5.91 Å². The maximum Gasteiger partial charge on any atom is 0.291 e. The number of aryl methyl sites for hydroxylation is 1. The molecule has 1 fully saturated rings. The molecule has 2 N–H and O–H groups in total. The standard InChI is InChI=1S/C17H22N4O3/c1-11-18-16(20-21(11)12-7-4-3-5-8-12)17(23)19-13-9-6-10-14(24-2)15(13)22/h3-5,7-8,13-15,22H,6,9-10H2,1-2H3,(H,19,23)/t13-,14-,15-/m1/s1. The number of aliphatic hydroxyl groups is 1. The monoisotopic (exact) mass is 330 g/mol. The van der Waals surface area contributed by atoms with Crippen molar-refractivity contribution in [1.82, 2.24) is 20.1 Å². The Morgan fingerprint density at radius 2 is 2.08 bits per heavy atom. The number of nitrogens with zero attached hydrogens (tertiary/aromatic N) is 3. The van der Waals surface area contributed by atoms with E-state index in [0.29, 0.717) is 12.2 Å². The molecule has 0 spiro atoms. The summed E-state index contributed by atoms with van der Waals surface area (Å²) in [5.74, 6) is 0.349. The summed E-state index contributed by atoms with van der Waals surface area (Å²) in [5.41, 5.74) is 0.846. The van der Waals surface area contributed by atoms with Gasteiger partial charge in [-0.25, -0.2) is 9.67 Å². The van der Waals surface area contributed by atoms with Gasteiger partial charge in [-0.2, -0.15) is 0 Å². The number of carbonyl (C=O) groups excluding carboxylic acids is 1. The molecule has 7 nitrogen and oxygen atoms in total. The number of ether oxygens (including phenoxy) is 1. The van der Waals surface area contributed by atoms with Gasteiger partial charge >= 0.3 is 0 Å². The Labute approximate surface area is 140 Å². The smallest absolute Gasteiger partial charge is 0.291 e. The molecule has 0 aliphatic heterocycles. The summed E-state index contributed by atoms with van der Waals surface area (Å²) in [6.07, 6.45) is 1.44. The van der Waals surface area contributed by atoms with Crippen molar-refractivity contribution >= 4 is 5.91 Å². The van der Waals surface area contributed by atoms with Crippen molar-refractivity contribution < 1.29 is 14.6 Å². The molecule has 3 rings (SSSR count). The lowest BCUT2D eigenvalue weighted by Gasteiger charge is -2.33. The normalized spacial score (nSPS) is 23.9. The molecular formula is C17H22N4O3. The van der Waals surface area contributed by atoms with Crippen LogP contribution in [0.25, 0.3) is 5.69 Å². The van der Waals surface area contributed by atoms with E-state index >= 15 is 0 Å². The van der Waals surface area contributed by atoms with Gasteiger partial charge in [0.2, 0.25) is 5.82 Å². The summed E-state index contributed by atoms with van der Waals surface area (Å²) < 4.78 is 6.89. The topological polar surface area (TPSA) is 89.3 Å². The van der Waals surface area contributed by atoms with E-state index in [0.717, 1.165) is 18.5 Å². The van der Waals surface area contributed by atoms with Crippen LogP contribution in [0.3, 0.4) is 0 Å². The molecule has 1 heterocycles. The zero-order valence-corrected chi connectivity index (χ0v) is 13.8. The highest BCUT2D eigenvalue weighted by Crippen LogP contribution is 2.21. The second-order valence-electron chi connectivity index (χ2n) is 6.01. The SMILES string of the molecule is CO[C@@H]1CCC[C@@H](NC(=O)c2nc(C)n(-c3ccccc3)n2)[C@H]1O. The van der Waals surface area contributed by atoms with Gasteiger partial charge in [0, 0.05) is 7.11 Å². The average Bonchev–Trinajstić information content (AvgIpc) is 2.99. The summed E-state index contributed by atoms with van der Waals surface area (Å²) in [4.78, 5) is 16.7. The molecule has 128 valence electrons. The molecule has 0 saturated heterocycles. The summed E-state index contributed by atoms with van der Waals surface area (Å²) >= 11 is 0. The number of aliphatic hydroxyl groups excluding tert-OH is 1. The van der Waals surface area contributed by atoms with Crippen LogP contribution >= 0.6 is 0 Å². The largest absolute Gasteiger partial charge is 0.388 e. The summed E-state index contributed by atoms with van der Waals surface area (Å²) in [6.45, 7) is 1.80. The predicted octanol–water partition coefficient (Wildman–Crippen LogP) is 1.23. The van der Waals surface area contributed by atoms with E-state index in [-0.39, 0.29) is 23.9 Å². The Morgan fingerprint density at radius 3 is 2.79 bits per heavy atom. The molecule has 0 bridgehead atoms. The third-order valence-corrected chi connectivity index (χ3v) is 4.39. The minimum atomic E-state index is -0.718. The second kappa shape index (κ2) is 7.11. The molecule has 1 aromatic carbocycles. The first kappa shape index (κ1) is 16.6. The zero-order valence-electron chi connectivity index (χ0n) is 13.8. The minimum Gasteiger partial charge on any atom is -0.388 e. The Balaban J connectivity index is 1.74. The van der Waals surface area contributed by atoms with Crippen LogP contribution in [0.15, 0.2) is 30.3 Å². The third kappa shape index (κ3) is 3.32. The number of amides is 1. The molecule has 0 unspecified atom stereocenters. The van der Waals surface area contributed by atoms with Crippen LogP contribution in [0.1, 0.15) is 35.7 Å². The number of aromatic nitrogens is 3. The van der Waals surface area contributed by atoms with Crippen molar-refractivity contribution in [2.45, 2.75) is 44.4 Å². The number of hydrogen-bond donors (Lipinski definition) is 2. The third-order valence-electron chi connectivity index (χ3n) is 4.39. The molecule has 3 atom stereocenters. The Bertz CT molecular complexity index is 701. The maximum atomic E-state index is 12.4. The van der Waals surface area contributed by atoms with Gasteiger partial charge in [0.05, 0.1) is 17.8 Å². The van der Waals surface area contributed by atoms with E-state index in [1.54, 1.807) is 18.7 Å². The lowest BCUT2D eigenvalue weighted by Crippen LogP contribution is -2.51. The molecule has 2 aromatic rings. The fourth-order valence-electron chi connectivity index (χ4n) is 3.09. The highest BCUT2D eigenvalue weighted by atomic mass is 16.5.